The van der Waals surface area contributed by atoms with E-state index in [1.54, 1.807) is 29.6 Å². The van der Waals surface area contributed by atoms with Crippen LogP contribution in [0.1, 0.15) is 49.0 Å². The first-order valence-corrected chi connectivity index (χ1v) is 11.9. The van der Waals surface area contributed by atoms with E-state index in [2.05, 4.69) is 24.2 Å². The lowest BCUT2D eigenvalue weighted by atomic mass is 9.78. The van der Waals surface area contributed by atoms with Crippen molar-refractivity contribution in [1.82, 2.24) is 5.32 Å². The number of amides is 1. The molecule has 0 aromatic heterocycles. The fraction of sp³-hybridized carbons (Fsp3) is 0.571. The summed E-state index contributed by atoms with van der Waals surface area (Å²) in [4.78, 5) is 29.2. The van der Waals surface area contributed by atoms with Gasteiger partial charge in [0.25, 0.3) is 5.91 Å². The molecule has 0 radical (unpaired) electrons. The van der Waals surface area contributed by atoms with Gasteiger partial charge in [0.1, 0.15) is 4.38 Å². The molecule has 1 aliphatic heterocycles. The van der Waals surface area contributed by atoms with Crippen LogP contribution < -0.4 is 5.32 Å². The van der Waals surface area contributed by atoms with E-state index in [1.807, 2.05) is 18.2 Å². The van der Waals surface area contributed by atoms with Gasteiger partial charge in [0.2, 0.25) is 0 Å². The van der Waals surface area contributed by atoms with Crippen molar-refractivity contribution in [2.45, 2.75) is 44.9 Å². The number of ether oxygens (including phenoxy) is 1. The van der Waals surface area contributed by atoms with E-state index < -0.39 is 5.97 Å². The molecule has 7 heteroatoms. The van der Waals surface area contributed by atoms with Crippen LogP contribution in [0, 0.1) is 11.8 Å². The molecule has 2 aliphatic rings. The summed E-state index contributed by atoms with van der Waals surface area (Å²) in [5.74, 6) is 2.08. The number of thioether (sulfide) groups is 2. The van der Waals surface area contributed by atoms with Gasteiger partial charge in [-0.2, -0.15) is 0 Å². The predicted molar refractivity (Wildman–Crippen MR) is 117 cm³/mol. The maximum absolute atomic E-state index is 12.5. The lowest BCUT2D eigenvalue weighted by Crippen LogP contribution is -2.45. The first-order chi connectivity index (χ1) is 13.5. The molecule has 3 atom stereocenters. The molecule has 3 unspecified atom stereocenters. The summed E-state index contributed by atoms with van der Waals surface area (Å²) in [6.45, 7) is 5.04. The maximum atomic E-state index is 12.5. The zero-order valence-electron chi connectivity index (χ0n) is 16.5. The topological polar surface area (TPSA) is 67.8 Å². The van der Waals surface area contributed by atoms with E-state index in [0.29, 0.717) is 23.2 Å². The molecule has 0 saturated heterocycles. The van der Waals surface area contributed by atoms with Gasteiger partial charge in [0, 0.05) is 17.5 Å². The Labute approximate surface area is 175 Å². The second-order valence-corrected chi connectivity index (χ2v) is 9.77. The van der Waals surface area contributed by atoms with Gasteiger partial charge in [0.15, 0.2) is 6.61 Å². The molecule has 5 nitrogen and oxygen atoms in total. The van der Waals surface area contributed by atoms with Gasteiger partial charge in [-0.25, -0.2) is 4.79 Å². The van der Waals surface area contributed by atoms with Crippen LogP contribution in [0.4, 0.5) is 0 Å². The lowest BCUT2D eigenvalue weighted by Gasteiger charge is -2.34. The van der Waals surface area contributed by atoms with E-state index >= 15 is 0 Å². The van der Waals surface area contributed by atoms with Gasteiger partial charge in [-0.3, -0.25) is 9.79 Å². The monoisotopic (exact) mass is 420 g/mol. The Bertz CT molecular complexity index is 738. The van der Waals surface area contributed by atoms with Crippen LogP contribution >= 0.6 is 23.5 Å². The minimum atomic E-state index is -0.447. The third-order valence-electron chi connectivity index (χ3n) is 5.53. The summed E-state index contributed by atoms with van der Waals surface area (Å²) in [6.07, 6.45) is 3.33. The number of carbonyl (C=O) groups excluding carboxylic acids is 2. The van der Waals surface area contributed by atoms with Crippen LogP contribution in [-0.2, 0) is 15.3 Å². The first kappa shape index (κ1) is 21.2. The van der Waals surface area contributed by atoms with Gasteiger partial charge in [-0.15, -0.1) is 0 Å². The highest BCUT2D eigenvalue weighted by molar-refractivity contribution is 8.38. The molecule has 152 valence electrons. The lowest BCUT2D eigenvalue weighted by molar-refractivity contribution is -0.125. The van der Waals surface area contributed by atoms with Crippen molar-refractivity contribution in [3.8, 4) is 0 Å². The number of aliphatic imine (C=N–C) groups is 1. The Morgan fingerprint density at radius 1 is 1.29 bits per heavy atom. The second kappa shape index (κ2) is 10.3. The first-order valence-electron chi connectivity index (χ1n) is 9.89. The standard InChI is InChI=1S/C21H28N2O3S2/c1-14-6-5-9-18(15(14)2)23-19(24)12-26-20(25)17-8-4-3-7-16(17)13-28-21-22-10-11-27-21/h3-4,7-8,14-15,18H,5-6,9-13H2,1-2H3,(H,23,24). The highest BCUT2D eigenvalue weighted by Crippen LogP contribution is 2.29. The fourth-order valence-electron chi connectivity index (χ4n) is 3.63. The third kappa shape index (κ3) is 5.77. The van der Waals surface area contributed by atoms with Crippen LogP contribution in [0.3, 0.4) is 0 Å². The Balaban J connectivity index is 1.51. The third-order valence-corrected chi connectivity index (χ3v) is 7.83. The number of benzene rings is 1. The summed E-state index contributed by atoms with van der Waals surface area (Å²) >= 11 is 3.39. The summed E-state index contributed by atoms with van der Waals surface area (Å²) < 4.78 is 6.38. The summed E-state index contributed by atoms with van der Waals surface area (Å²) in [5.41, 5.74) is 1.42. The van der Waals surface area contributed by atoms with Crippen molar-refractivity contribution in [3.05, 3.63) is 35.4 Å². The predicted octanol–water partition coefficient (Wildman–Crippen LogP) is 4.12. The van der Waals surface area contributed by atoms with Crippen LogP contribution in [-0.4, -0.2) is 41.2 Å². The fourth-order valence-corrected chi connectivity index (χ4v) is 5.64. The number of hydrogen-bond acceptors (Lipinski definition) is 6. The average Bonchev–Trinajstić information content (AvgIpc) is 3.22. The van der Waals surface area contributed by atoms with Crippen LogP contribution in [0.25, 0.3) is 0 Å². The number of hydrogen-bond donors (Lipinski definition) is 1. The number of carbonyl (C=O) groups is 2. The Morgan fingerprint density at radius 2 is 2.11 bits per heavy atom. The molecule has 1 saturated carbocycles. The SMILES string of the molecule is CC1CCCC(NC(=O)COC(=O)c2ccccc2CSC2=NCCS2)C1C. The maximum Gasteiger partial charge on any atom is 0.338 e. The Kier molecular flexibility index (Phi) is 7.85. The Morgan fingerprint density at radius 3 is 2.89 bits per heavy atom. The molecular formula is C21H28N2O3S2. The number of rotatable bonds is 6. The van der Waals surface area contributed by atoms with Crippen LogP contribution in [0.15, 0.2) is 29.3 Å². The normalized spacial score (nSPS) is 24.5. The molecule has 1 heterocycles. The van der Waals surface area contributed by atoms with Crippen LogP contribution in [0.2, 0.25) is 0 Å². The molecule has 28 heavy (non-hydrogen) atoms. The largest absolute Gasteiger partial charge is 0.452 e. The van der Waals surface area contributed by atoms with Crippen molar-refractivity contribution >= 4 is 39.8 Å². The highest BCUT2D eigenvalue weighted by Gasteiger charge is 2.28. The minimum Gasteiger partial charge on any atom is -0.452 e. The molecule has 1 fully saturated rings. The Hall–Kier alpha value is -1.47. The smallest absolute Gasteiger partial charge is 0.338 e. The number of nitrogens with one attached hydrogen (secondary N) is 1. The van der Waals surface area contributed by atoms with E-state index in [-0.39, 0.29) is 18.6 Å². The van der Waals surface area contributed by atoms with E-state index in [9.17, 15) is 9.59 Å². The van der Waals surface area contributed by atoms with Gasteiger partial charge < -0.3 is 10.1 Å². The van der Waals surface area contributed by atoms with Gasteiger partial charge >= 0.3 is 5.97 Å². The van der Waals surface area contributed by atoms with Crippen molar-refractivity contribution in [2.24, 2.45) is 16.8 Å². The van der Waals surface area contributed by atoms with Crippen molar-refractivity contribution in [1.29, 1.82) is 0 Å². The average molecular weight is 421 g/mol. The number of esters is 1. The zero-order chi connectivity index (χ0) is 19.9. The number of nitrogens with zero attached hydrogens (tertiary/aromatic N) is 1. The van der Waals surface area contributed by atoms with Crippen molar-refractivity contribution in [2.75, 3.05) is 18.9 Å². The van der Waals surface area contributed by atoms with Crippen LogP contribution in [0.5, 0.6) is 0 Å². The molecule has 1 aromatic rings. The molecular weight excluding hydrogens is 392 g/mol. The van der Waals surface area contributed by atoms with Crippen molar-refractivity contribution < 1.29 is 14.3 Å². The summed E-state index contributed by atoms with van der Waals surface area (Å²) in [6, 6.07) is 7.58. The summed E-state index contributed by atoms with van der Waals surface area (Å²) in [5, 5.41) is 3.04. The molecule has 0 bridgehead atoms. The molecule has 3 rings (SSSR count). The molecule has 0 spiro atoms. The second-order valence-electron chi connectivity index (χ2n) is 7.46. The highest BCUT2D eigenvalue weighted by atomic mass is 32.2. The quantitative estimate of drug-likeness (QED) is 0.701. The van der Waals surface area contributed by atoms with E-state index in [0.717, 1.165) is 35.1 Å². The van der Waals surface area contributed by atoms with E-state index in [1.165, 1.54) is 6.42 Å². The molecule has 1 N–H and O–H groups in total. The molecule has 1 aromatic carbocycles. The molecule has 1 amide bonds. The molecule has 1 aliphatic carbocycles. The van der Waals surface area contributed by atoms with Gasteiger partial charge in [0.05, 0.1) is 12.1 Å². The van der Waals surface area contributed by atoms with Gasteiger partial charge in [-0.1, -0.05) is 68.4 Å². The summed E-state index contributed by atoms with van der Waals surface area (Å²) in [7, 11) is 0. The zero-order valence-corrected chi connectivity index (χ0v) is 18.1. The van der Waals surface area contributed by atoms with E-state index in [4.69, 9.17) is 4.74 Å². The van der Waals surface area contributed by atoms with Gasteiger partial charge in [-0.05, 0) is 29.9 Å². The minimum absolute atomic E-state index is 0.170. The van der Waals surface area contributed by atoms with Crippen molar-refractivity contribution in [3.63, 3.8) is 0 Å².